The van der Waals surface area contributed by atoms with Crippen LogP contribution in [0.3, 0.4) is 0 Å². The van der Waals surface area contributed by atoms with Crippen LogP contribution >= 0.6 is 0 Å². The molecule has 0 amide bonds. The molecule has 4 heteroatoms. The maximum absolute atomic E-state index is 2.74. The second-order valence-corrected chi connectivity index (χ2v) is 18.5. The van der Waals surface area contributed by atoms with E-state index in [1.807, 2.05) is 0 Å². The number of nitrogens with zero attached hydrogens (tertiary/aromatic N) is 1. The van der Waals surface area contributed by atoms with Crippen molar-refractivity contribution < 1.29 is 0 Å². The molecule has 0 aliphatic heterocycles. The molecule has 0 aromatic rings. The summed E-state index contributed by atoms with van der Waals surface area (Å²) in [5.41, 5.74) is 0. The van der Waals surface area contributed by atoms with Crippen molar-refractivity contribution in [1.29, 1.82) is 0 Å². The Morgan fingerprint density at radius 2 is 1.00 bits per heavy atom. The van der Waals surface area contributed by atoms with Crippen molar-refractivity contribution in [2.24, 2.45) is 0 Å². The molecule has 0 heterocycles. The van der Waals surface area contributed by atoms with E-state index in [0.717, 1.165) is 0 Å². The van der Waals surface area contributed by atoms with Crippen LogP contribution in [0.5, 0.6) is 0 Å². The maximum atomic E-state index is 2.74. The molecule has 1 nitrogen and oxygen atoms in total. The van der Waals surface area contributed by atoms with Gasteiger partial charge in [-0.1, -0.05) is 0 Å². The van der Waals surface area contributed by atoms with Gasteiger partial charge in [-0.05, 0) is 0 Å². The molecule has 0 atom stereocenters. The van der Waals surface area contributed by atoms with E-state index in [9.17, 15) is 0 Å². The van der Waals surface area contributed by atoms with Gasteiger partial charge in [0, 0.05) is 0 Å². The van der Waals surface area contributed by atoms with Crippen LogP contribution in [0.25, 0.3) is 0 Å². The molecule has 0 bridgehead atoms. The number of hydrogen-bond acceptors (Lipinski definition) is 1. The molecule has 0 N–H and O–H groups in total. The van der Waals surface area contributed by atoms with Crippen LogP contribution in [0.15, 0.2) is 0 Å². The van der Waals surface area contributed by atoms with Crippen LogP contribution < -0.4 is 0 Å². The first-order valence-corrected chi connectivity index (χ1v) is 11.8. The van der Waals surface area contributed by atoms with Crippen LogP contribution in [0, 0.1) is 0 Å². The van der Waals surface area contributed by atoms with Gasteiger partial charge in [-0.2, -0.15) is 0 Å². The fraction of sp³-hybridized carbons (Fsp3) is 1.00. The molecule has 0 aromatic carbocycles. The summed E-state index contributed by atoms with van der Waals surface area (Å²) in [5, 5.41) is 0. The summed E-state index contributed by atoms with van der Waals surface area (Å²) in [7, 11) is -1.92. The molecule has 0 saturated heterocycles. The van der Waals surface area contributed by atoms with Gasteiger partial charge in [0.25, 0.3) is 0 Å². The zero-order chi connectivity index (χ0) is 8.58. The molecule has 0 spiro atoms. The van der Waals surface area contributed by atoms with Gasteiger partial charge in [-0.15, -0.1) is 0 Å². The van der Waals surface area contributed by atoms with Crippen molar-refractivity contribution in [3.05, 3.63) is 0 Å². The molecular formula is C6H18NSi2Sn-. The van der Waals surface area contributed by atoms with Gasteiger partial charge in [-0.3, -0.25) is 0 Å². The summed E-state index contributed by atoms with van der Waals surface area (Å²) in [4.78, 5) is 0. The van der Waals surface area contributed by atoms with Gasteiger partial charge >= 0.3 is 81.0 Å². The Balaban J connectivity index is 4.23. The van der Waals surface area contributed by atoms with Crippen molar-refractivity contribution in [3.8, 4) is 0 Å². The summed E-state index contributed by atoms with van der Waals surface area (Å²) in [5.74, 6) is 0. The van der Waals surface area contributed by atoms with Crippen molar-refractivity contribution in [2.75, 3.05) is 0 Å². The van der Waals surface area contributed by atoms with Crippen LogP contribution in [0.2, 0.25) is 39.3 Å². The topological polar surface area (TPSA) is 3.24 Å². The van der Waals surface area contributed by atoms with E-state index < -0.39 is 16.5 Å². The van der Waals surface area contributed by atoms with E-state index in [0.29, 0.717) is 0 Å². The molecule has 0 aromatic heterocycles. The Bertz CT molecular complexity index is 99.9. The second-order valence-electron chi connectivity index (χ2n) is 4.68. The summed E-state index contributed by atoms with van der Waals surface area (Å²) < 4.78 is 2.74. The molecule has 0 fully saturated rings. The third-order valence-corrected chi connectivity index (χ3v) is 19.5. The van der Waals surface area contributed by atoms with E-state index in [1.165, 1.54) is 0 Å². The molecule has 2 radical (unpaired) electrons. The van der Waals surface area contributed by atoms with Gasteiger partial charge < -0.3 is 0 Å². The number of hydrogen-bond donors (Lipinski definition) is 0. The van der Waals surface area contributed by atoms with Crippen LogP contribution in [0.1, 0.15) is 0 Å². The Labute approximate surface area is 80.8 Å². The van der Waals surface area contributed by atoms with Crippen LogP contribution in [-0.2, 0) is 0 Å². The average Bonchev–Trinajstić information content (AvgIpc) is 1.59. The molecule has 0 aliphatic carbocycles. The Kier molecular flexibility index (Phi) is 3.68. The first-order chi connectivity index (χ1) is 4.15. The van der Waals surface area contributed by atoms with Gasteiger partial charge in [0.2, 0.25) is 0 Å². The van der Waals surface area contributed by atoms with Crippen molar-refractivity contribution >= 4 is 39.3 Å². The average molecular weight is 279 g/mol. The quantitative estimate of drug-likeness (QED) is 0.699. The molecule has 0 saturated carbocycles. The van der Waals surface area contributed by atoms with Crippen molar-refractivity contribution in [2.45, 2.75) is 39.3 Å². The minimum atomic E-state index is -0.961. The minimum absolute atomic E-state index is 0.961. The third kappa shape index (κ3) is 3.54. The Hall–Kier alpha value is 1.19. The van der Waals surface area contributed by atoms with Crippen LogP contribution in [0.4, 0.5) is 0 Å². The monoisotopic (exact) mass is 280 g/mol. The third-order valence-electron chi connectivity index (χ3n) is 1.34. The van der Waals surface area contributed by atoms with Gasteiger partial charge in [0.15, 0.2) is 0 Å². The predicted molar refractivity (Wildman–Crippen MR) is 54.3 cm³/mol. The zero-order valence-electron chi connectivity index (χ0n) is 7.95. The van der Waals surface area contributed by atoms with E-state index >= 15 is 0 Å². The molecule has 0 unspecified atom stereocenters. The Morgan fingerprint density at radius 3 is 1.00 bits per heavy atom. The molecule has 60 valence electrons. The first kappa shape index (κ1) is 11.2. The van der Waals surface area contributed by atoms with Gasteiger partial charge in [0.1, 0.15) is 0 Å². The standard InChI is InChI=1S/C6H18NSi2.Sn/c1-8(2,3)7-9(4,5)6;/h1-6H3;/q-1;. The van der Waals surface area contributed by atoms with Crippen molar-refractivity contribution in [3.63, 3.8) is 0 Å². The normalized spacial score (nSPS) is 14.4. The predicted octanol–water partition coefficient (Wildman–Crippen LogP) is 2.04. The van der Waals surface area contributed by atoms with Gasteiger partial charge in [-0.25, -0.2) is 0 Å². The SMILES string of the molecule is C[Si](C)(C)[N]([Sn-])[Si](C)(C)C. The van der Waals surface area contributed by atoms with E-state index in [2.05, 4.69) is 41.7 Å². The molecule has 10 heavy (non-hydrogen) atoms. The zero-order valence-corrected chi connectivity index (χ0v) is 12.8. The molecule has 0 aliphatic rings. The Morgan fingerprint density at radius 1 is 0.800 bits per heavy atom. The van der Waals surface area contributed by atoms with E-state index in [1.54, 1.807) is 22.8 Å². The summed E-state index contributed by atoms with van der Waals surface area (Å²) in [6.45, 7) is 14.6. The summed E-state index contributed by atoms with van der Waals surface area (Å²) in [6, 6.07) is 0. The van der Waals surface area contributed by atoms with E-state index in [4.69, 9.17) is 0 Å². The fourth-order valence-electron chi connectivity index (χ4n) is 1.01. The second kappa shape index (κ2) is 3.28. The van der Waals surface area contributed by atoms with Crippen LogP contribution in [-0.4, -0.2) is 41.7 Å². The number of rotatable bonds is 2. The first-order valence-electron chi connectivity index (χ1n) is 3.67. The summed E-state index contributed by atoms with van der Waals surface area (Å²) in [6.07, 6.45) is 0. The fourth-order valence-corrected chi connectivity index (χ4v) is 9.06. The van der Waals surface area contributed by atoms with Crippen molar-refractivity contribution in [1.82, 2.24) is 2.45 Å². The molecular weight excluding hydrogens is 261 g/mol. The summed E-state index contributed by atoms with van der Waals surface area (Å²) >= 11 is 1.63. The van der Waals surface area contributed by atoms with Gasteiger partial charge in [0.05, 0.1) is 0 Å². The van der Waals surface area contributed by atoms with E-state index in [-0.39, 0.29) is 0 Å². The molecule has 0 rings (SSSR count).